The number of ether oxygens (including phenoxy) is 2. The largest absolute Gasteiger partial charge is 0.453 e. The lowest BCUT2D eigenvalue weighted by molar-refractivity contribution is -0.384. The maximum atomic E-state index is 14.0. The molecule has 1 amide bonds. The average Bonchev–Trinajstić information content (AvgIpc) is 3.74. The molecule has 17 heteroatoms. The van der Waals surface area contributed by atoms with E-state index in [0.717, 1.165) is 101 Å². The van der Waals surface area contributed by atoms with Gasteiger partial charge in [0.1, 0.15) is 16.3 Å². The van der Waals surface area contributed by atoms with Gasteiger partial charge in [0.15, 0.2) is 10.9 Å². The predicted octanol–water partition coefficient (Wildman–Crippen LogP) is 10.0. The Kier molecular flexibility index (Phi) is 12.8. The molecule has 3 aromatic heterocycles. The second-order valence-corrected chi connectivity index (χ2v) is 21.9. The lowest BCUT2D eigenvalue weighted by Crippen LogP contribution is -2.58. The van der Waals surface area contributed by atoms with Crippen molar-refractivity contribution in [2.24, 2.45) is 16.7 Å². The van der Waals surface area contributed by atoms with Crippen molar-refractivity contribution in [3.8, 4) is 11.5 Å². The molecule has 1 atom stereocenters. The molecule has 0 unspecified atom stereocenters. The van der Waals surface area contributed by atoms with Gasteiger partial charge in [-0.2, -0.15) is 0 Å². The van der Waals surface area contributed by atoms with E-state index in [2.05, 4.69) is 86.8 Å². The van der Waals surface area contributed by atoms with Gasteiger partial charge in [-0.3, -0.25) is 19.8 Å². The van der Waals surface area contributed by atoms with Crippen LogP contribution in [0.15, 0.2) is 78.0 Å². The van der Waals surface area contributed by atoms with Crippen LogP contribution in [-0.2, 0) is 14.8 Å². The van der Waals surface area contributed by atoms with Gasteiger partial charge in [0.2, 0.25) is 5.82 Å². The molecular formula is C49H59ClN8O7S. The molecule has 3 N–H and O–H groups in total. The van der Waals surface area contributed by atoms with Gasteiger partial charge in [0, 0.05) is 61.6 Å². The molecule has 350 valence electrons. The Balaban J connectivity index is 0.910. The number of sulfonamides is 1. The van der Waals surface area contributed by atoms with E-state index < -0.39 is 31.4 Å². The number of fused-ring (bicyclic) bond motifs is 1. The van der Waals surface area contributed by atoms with Crippen molar-refractivity contribution in [2.75, 3.05) is 49.6 Å². The summed E-state index contributed by atoms with van der Waals surface area (Å²) >= 11 is 6.59. The van der Waals surface area contributed by atoms with Crippen molar-refractivity contribution in [3.63, 3.8) is 0 Å². The Labute approximate surface area is 391 Å². The van der Waals surface area contributed by atoms with Crippen LogP contribution in [0.25, 0.3) is 11.0 Å². The summed E-state index contributed by atoms with van der Waals surface area (Å²) < 4.78 is 42.0. The number of piperidine rings is 1. The molecule has 2 saturated heterocycles. The van der Waals surface area contributed by atoms with Crippen LogP contribution in [-0.4, -0.2) is 84.5 Å². The zero-order valence-electron chi connectivity index (χ0n) is 38.0. The van der Waals surface area contributed by atoms with Gasteiger partial charge < -0.3 is 24.7 Å². The van der Waals surface area contributed by atoms with E-state index in [4.69, 9.17) is 21.1 Å². The second-order valence-electron chi connectivity index (χ2n) is 19.9. The summed E-state index contributed by atoms with van der Waals surface area (Å²) in [4.78, 5) is 41.5. The van der Waals surface area contributed by atoms with Gasteiger partial charge in [-0.25, -0.2) is 23.1 Å². The lowest BCUT2D eigenvalue weighted by atomic mass is 9.59. The SMILES string of the molecule is CC(C)c1ccccc1[C@@H]1COCCN1C1CC2(CCN(c3ccc(C(=O)NS(=O)(=O)c4cnc(NCC5CCC(C)(C)CC5)c([N+](=O)[O-])c4)c(Oc4cc5cc[nH]c5nc4Cl)c3)CC2)C1. The topological polar surface area (TPSA) is 185 Å². The van der Waals surface area contributed by atoms with E-state index in [9.17, 15) is 23.3 Å². The number of anilines is 2. The molecule has 4 fully saturated rings. The number of hydrogen-bond donors (Lipinski definition) is 3. The third-order valence-electron chi connectivity index (χ3n) is 14.6. The van der Waals surface area contributed by atoms with E-state index in [0.29, 0.717) is 36.7 Å². The van der Waals surface area contributed by atoms with Gasteiger partial charge >= 0.3 is 5.69 Å². The molecule has 5 aromatic rings. The third kappa shape index (κ3) is 9.60. The Morgan fingerprint density at radius 1 is 1.03 bits per heavy atom. The Bertz CT molecular complexity index is 2720. The van der Waals surface area contributed by atoms with E-state index in [1.165, 1.54) is 17.2 Å². The number of benzene rings is 2. The monoisotopic (exact) mass is 938 g/mol. The molecule has 4 aliphatic rings. The highest BCUT2D eigenvalue weighted by Crippen LogP contribution is 2.53. The number of amides is 1. The van der Waals surface area contributed by atoms with Crippen molar-refractivity contribution < 1.29 is 27.6 Å². The zero-order chi connectivity index (χ0) is 46.4. The predicted molar refractivity (Wildman–Crippen MR) is 255 cm³/mol. The summed E-state index contributed by atoms with van der Waals surface area (Å²) in [5.74, 6) is -0.0364. The van der Waals surface area contributed by atoms with E-state index in [1.807, 2.05) is 6.07 Å². The van der Waals surface area contributed by atoms with Gasteiger partial charge in [-0.05, 0) is 109 Å². The van der Waals surface area contributed by atoms with Crippen LogP contribution in [0, 0.1) is 26.9 Å². The average molecular weight is 940 g/mol. The Morgan fingerprint density at radius 3 is 2.53 bits per heavy atom. The van der Waals surface area contributed by atoms with Gasteiger partial charge in [0.25, 0.3) is 15.9 Å². The molecule has 9 rings (SSSR count). The molecule has 15 nitrogen and oxygen atoms in total. The maximum absolute atomic E-state index is 14.0. The number of rotatable bonds is 13. The number of carbonyl (C=O) groups is 1. The van der Waals surface area contributed by atoms with Gasteiger partial charge in [0.05, 0.1) is 35.9 Å². The number of morpholine rings is 1. The highest BCUT2D eigenvalue weighted by atomic mass is 35.5. The lowest BCUT2D eigenvalue weighted by Gasteiger charge is -2.57. The number of hydrogen-bond acceptors (Lipinski definition) is 12. The van der Waals surface area contributed by atoms with Gasteiger partial charge in [-0.1, -0.05) is 63.6 Å². The number of halogens is 1. The summed E-state index contributed by atoms with van der Waals surface area (Å²) in [6, 6.07) is 19.0. The van der Waals surface area contributed by atoms with Crippen molar-refractivity contribution >= 4 is 55.8 Å². The number of pyridine rings is 2. The third-order valence-corrected chi connectivity index (χ3v) is 16.2. The van der Waals surface area contributed by atoms with Crippen LogP contribution >= 0.6 is 11.6 Å². The summed E-state index contributed by atoms with van der Waals surface area (Å²) in [6.45, 7) is 13.4. The Morgan fingerprint density at radius 2 is 1.79 bits per heavy atom. The number of aromatic amines is 1. The van der Waals surface area contributed by atoms with Crippen LogP contribution in [0.1, 0.15) is 113 Å². The first-order valence-corrected chi connectivity index (χ1v) is 25.0. The molecule has 5 heterocycles. The molecule has 2 aromatic carbocycles. The van der Waals surface area contributed by atoms with Crippen molar-refractivity contribution in [1.82, 2.24) is 24.6 Å². The van der Waals surface area contributed by atoms with Crippen LogP contribution in [0.2, 0.25) is 5.15 Å². The van der Waals surface area contributed by atoms with Crippen molar-refractivity contribution in [1.29, 1.82) is 0 Å². The molecule has 2 saturated carbocycles. The van der Waals surface area contributed by atoms with Crippen LogP contribution < -0.4 is 19.7 Å². The highest BCUT2D eigenvalue weighted by Gasteiger charge is 2.50. The first-order valence-electron chi connectivity index (χ1n) is 23.2. The summed E-state index contributed by atoms with van der Waals surface area (Å²) in [7, 11) is -4.64. The van der Waals surface area contributed by atoms with E-state index in [1.54, 1.807) is 24.4 Å². The Hall–Kier alpha value is -5.29. The highest BCUT2D eigenvalue weighted by molar-refractivity contribution is 7.90. The summed E-state index contributed by atoms with van der Waals surface area (Å²) in [6.07, 6.45) is 11.1. The number of nitro groups is 1. The number of nitrogens with zero attached hydrogens (tertiary/aromatic N) is 5. The second kappa shape index (κ2) is 18.4. The minimum absolute atomic E-state index is 0.0268. The molecular weight excluding hydrogens is 880 g/mol. The molecule has 2 aliphatic heterocycles. The fourth-order valence-electron chi connectivity index (χ4n) is 10.6. The van der Waals surface area contributed by atoms with Crippen LogP contribution in [0.4, 0.5) is 17.2 Å². The fraction of sp³-hybridized carbons (Fsp3) is 0.490. The van der Waals surface area contributed by atoms with E-state index in [-0.39, 0.29) is 44.9 Å². The minimum atomic E-state index is -4.64. The standard InChI is InChI=1S/C49H59ClN8O7S/c1-31(2)37-7-5-6-8-38(37)41-30-64-22-21-57(41)35-26-49(27-35)16-19-56(20-17-49)34-9-10-39(42(24-34)65-43-23-33-13-18-51-45(33)54-44(43)50)47(59)55-66(62,63)36-25-40(58(60)61)46(53-29-36)52-28-32-11-14-48(3,4)15-12-32/h5-10,13,18,23-25,29,31-32,35,41H,11-12,14-17,19-22,26-28,30H2,1-4H3,(H,51,54)(H,52,53)(H,55,59)/t41-/m0/s1. The number of nitrogens with one attached hydrogen (secondary N) is 3. The molecule has 66 heavy (non-hydrogen) atoms. The zero-order valence-corrected chi connectivity index (χ0v) is 39.6. The number of carbonyl (C=O) groups excluding carboxylic acids is 1. The van der Waals surface area contributed by atoms with Crippen molar-refractivity contribution in [2.45, 2.75) is 102 Å². The fourth-order valence-corrected chi connectivity index (χ4v) is 11.7. The maximum Gasteiger partial charge on any atom is 0.312 e. The molecule has 0 bridgehead atoms. The van der Waals surface area contributed by atoms with Crippen LogP contribution in [0.5, 0.6) is 11.5 Å². The summed E-state index contributed by atoms with van der Waals surface area (Å²) in [5, 5.41) is 16.0. The first kappa shape index (κ1) is 45.8. The summed E-state index contributed by atoms with van der Waals surface area (Å²) in [5.41, 5.74) is 4.04. The van der Waals surface area contributed by atoms with E-state index >= 15 is 0 Å². The minimum Gasteiger partial charge on any atom is -0.453 e. The van der Waals surface area contributed by atoms with Gasteiger partial charge in [-0.15, -0.1) is 0 Å². The first-order chi connectivity index (χ1) is 31.6. The number of H-pyrrole nitrogens is 1. The number of aromatic nitrogens is 3. The quantitative estimate of drug-likeness (QED) is 0.0578. The molecule has 2 aliphatic carbocycles. The van der Waals surface area contributed by atoms with Crippen LogP contribution in [0.3, 0.4) is 0 Å². The normalized spacial score (nSPS) is 20.3. The molecule has 0 radical (unpaired) electrons. The van der Waals surface area contributed by atoms with Crippen molar-refractivity contribution in [3.05, 3.63) is 105 Å². The molecule has 1 spiro atoms. The smallest absolute Gasteiger partial charge is 0.312 e.